The molecule has 0 bridgehead atoms. The summed E-state index contributed by atoms with van der Waals surface area (Å²) >= 11 is 0. The Morgan fingerprint density at radius 3 is 2.85 bits per heavy atom. The van der Waals surface area contributed by atoms with Gasteiger partial charge in [-0.15, -0.1) is 0 Å². The van der Waals surface area contributed by atoms with Gasteiger partial charge in [0.2, 0.25) is 0 Å². The molecule has 0 saturated carbocycles. The molecule has 1 aromatic rings. The Labute approximate surface area is 116 Å². The van der Waals surface area contributed by atoms with Crippen molar-refractivity contribution in [3.63, 3.8) is 0 Å². The molecule has 1 unspecified atom stereocenters. The highest BCUT2D eigenvalue weighted by Gasteiger charge is 2.25. The molecule has 0 aromatic heterocycles. The Kier molecular flexibility index (Phi) is 4.34. The topological polar surface area (TPSA) is 89.3 Å². The molecular weight excluding hydrogens is 287 g/mol. The maximum Gasteiger partial charge on any atom is 0.274 e. The summed E-state index contributed by atoms with van der Waals surface area (Å²) in [6.07, 6.45) is 1.27. The third-order valence-corrected chi connectivity index (χ3v) is 5.10. The zero-order chi connectivity index (χ0) is 14.8. The maximum absolute atomic E-state index is 13.2. The molecule has 2 rings (SSSR count). The first-order chi connectivity index (χ1) is 9.37. The first-order valence-corrected chi connectivity index (χ1v) is 8.06. The van der Waals surface area contributed by atoms with Crippen LogP contribution in [-0.2, 0) is 16.4 Å². The van der Waals surface area contributed by atoms with Gasteiger partial charge in [-0.2, -0.15) is 0 Å². The minimum atomic E-state index is -3.04. The van der Waals surface area contributed by atoms with Crippen LogP contribution in [0.4, 0.5) is 10.1 Å². The molecular formula is C12H15FN2O4S. The van der Waals surface area contributed by atoms with Gasteiger partial charge >= 0.3 is 0 Å². The van der Waals surface area contributed by atoms with E-state index in [-0.39, 0.29) is 35.3 Å². The fraction of sp³-hybridized carbons (Fsp3) is 0.500. The summed E-state index contributed by atoms with van der Waals surface area (Å²) < 4.78 is 36.1. The third kappa shape index (κ3) is 3.73. The van der Waals surface area contributed by atoms with E-state index in [0.29, 0.717) is 12.8 Å². The lowest BCUT2D eigenvalue weighted by molar-refractivity contribution is -0.385. The van der Waals surface area contributed by atoms with Crippen molar-refractivity contribution in [2.75, 3.05) is 11.5 Å². The van der Waals surface area contributed by atoms with Crippen LogP contribution in [0.5, 0.6) is 0 Å². The molecule has 1 aromatic carbocycles. The summed E-state index contributed by atoms with van der Waals surface area (Å²) in [6, 6.07) is 3.01. The van der Waals surface area contributed by atoms with Crippen LogP contribution in [0.3, 0.4) is 0 Å². The van der Waals surface area contributed by atoms with Crippen LogP contribution in [0.25, 0.3) is 0 Å². The minimum absolute atomic E-state index is 0.0239. The van der Waals surface area contributed by atoms with Gasteiger partial charge in [-0.05, 0) is 25.0 Å². The van der Waals surface area contributed by atoms with Crippen LogP contribution in [-0.4, -0.2) is 30.9 Å². The van der Waals surface area contributed by atoms with Crippen molar-refractivity contribution in [2.45, 2.75) is 25.4 Å². The molecule has 6 nitrogen and oxygen atoms in total. The van der Waals surface area contributed by atoms with Crippen molar-refractivity contribution in [1.29, 1.82) is 0 Å². The lowest BCUT2D eigenvalue weighted by Crippen LogP contribution is -2.39. The van der Waals surface area contributed by atoms with E-state index in [4.69, 9.17) is 0 Å². The Morgan fingerprint density at radius 2 is 2.20 bits per heavy atom. The molecule has 20 heavy (non-hydrogen) atoms. The van der Waals surface area contributed by atoms with Gasteiger partial charge in [0.05, 0.1) is 16.4 Å². The van der Waals surface area contributed by atoms with Gasteiger partial charge in [0.1, 0.15) is 5.82 Å². The number of nitrogens with zero attached hydrogens (tertiary/aromatic N) is 1. The monoisotopic (exact) mass is 302 g/mol. The number of halogens is 1. The lowest BCUT2D eigenvalue weighted by Gasteiger charge is -2.23. The van der Waals surface area contributed by atoms with Crippen LogP contribution < -0.4 is 5.32 Å². The number of rotatable bonds is 4. The average molecular weight is 302 g/mol. The molecule has 0 radical (unpaired) electrons. The van der Waals surface area contributed by atoms with Crippen molar-refractivity contribution < 1.29 is 17.7 Å². The summed E-state index contributed by atoms with van der Waals surface area (Å²) in [5.74, 6) is -0.342. The first kappa shape index (κ1) is 14.9. The fourth-order valence-corrected chi connectivity index (χ4v) is 3.98. The zero-order valence-electron chi connectivity index (χ0n) is 10.7. The van der Waals surface area contributed by atoms with E-state index in [1.54, 1.807) is 0 Å². The van der Waals surface area contributed by atoms with Gasteiger partial charge < -0.3 is 5.32 Å². The molecule has 1 aliphatic rings. The minimum Gasteiger partial charge on any atom is -0.309 e. The molecule has 8 heteroatoms. The number of benzene rings is 1. The van der Waals surface area contributed by atoms with Gasteiger partial charge in [-0.25, -0.2) is 12.8 Å². The normalized spacial score (nSPS) is 21.6. The maximum atomic E-state index is 13.2. The zero-order valence-corrected chi connectivity index (χ0v) is 11.5. The van der Waals surface area contributed by atoms with Crippen LogP contribution >= 0.6 is 0 Å². The van der Waals surface area contributed by atoms with E-state index in [9.17, 15) is 22.9 Å². The summed E-state index contributed by atoms with van der Waals surface area (Å²) in [5, 5.41) is 13.8. The first-order valence-electron chi connectivity index (χ1n) is 6.24. The average Bonchev–Trinajstić information content (AvgIpc) is 2.35. The van der Waals surface area contributed by atoms with Gasteiger partial charge in [0.15, 0.2) is 9.84 Å². The number of nitrogens with one attached hydrogen (secondary N) is 1. The van der Waals surface area contributed by atoms with E-state index in [1.807, 2.05) is 0 Å². The largest absolute Gasteiger partial charge is 0.309 e. The molecule has 110 valence electrons. The van der Waals surface area contributed by atoms with Crippen molar-refractivity contribution in [1.82, 2.24) is 5.32 Å². The van der Waals surface area contributed by atoms with E-state index >= 15 is 0 Å². The molecule has 1 N–H and O–H groups in total. The van der Waals surface area contributed by atoms with Crippen LogP contribution in [0, 0.1) is 15.9 Å². The predicted molar refractivity (Wildman–Crippen MR) is 71.6 cm³/mol. The van der Waals surface area contributed by atoms with Gasteiger partial charge in [-0.3, -0.25) is 10.1 Å². The quantitative estimate of drug-likeness (QED) is 0.671. The van der Waals surface area contributed by atoms with Crippen LogP contribution in [0.1, 0.15) is 18.4 Å². The summed E-state index contributed by atoms with van der Waals surface area (Å²) in [5.41, 5.74) is 0.0514. The number of sulfone groups is 1. The van der Waals surface area contributed by atoms with Crippen LogP contribution in [0.2, 0.25) is 0 Å². The number of hydrogen-bond donors (Lipinski definition) is 1. The molecule has 1 atom stereocenters. The van der Waals surface area contributed by atoms with Crippen LogP contribution in [0.15, 0.2) is 18.2 Å². The van der Waals surface area contributed by atoms with E-state index in [2.05, 4.69) is 5.32 Å². The third-order valence-electron chi connectivity index (χ3n) is 3.28. The standard InChI is InChI=1S/C12H15FN2O4S/c13-10-3-4-12(15(16)17)9(6-10)7-14-11-2-1-5-20(18,19)8-11/h3-4,6,11,14H,1-2,5,7-8H2. The van der Waals surface area contributed by atoms with Crippen molar-refractivity contribution in [3.05, 3.63) is 39.7 Å². The highest BCUT2D eigenvalue weighted by atomic mass is 32.2. The van der Waals surface area contributed by atoms with Gasteiger partial charge in [0.25, 0.3) is 5.69 Å². The summed E-state index contributed by atoms with van der Waals surface area (Å²) in [6.45, 7) is 0.0776. The predicted octanol–water partition coefficient (Wildman–Crippen LogP) is 1.40. The molecule has 0 spiro atoms. The summed E-state index contributed by atoms with van der Waals surface area (Å²) in [4.78, 5) is 10.3. The second kappa shape index (κ2) is 5.84. The van der Waals surface area contributed by atoms with Gasteiger partial charge in [0, 0.05) is 24.2 Å². The molecule has 0 aliphatic carbocycles. The molecule has 1 aliphatic heterocycles. The van der Waals surface area contributed by atoms with E-state index in [0.717, 1.165) is 18.2 Å². The van der Waals surface area contributed by atoms with Crippen molar-refractivity contribution in [2.24, 2.45) is 0 Å². The van der Waals surface area contributed by atoms with Gasteiger partial charge in [-0.1, -0.05) is 0 Å². The smallest absolute Gasteiger partial charge is 0.274 e. The Bertz CT molecular complexity index is 618. The molecule has 1 fully saturated rings. The fourth-order valence-electron chi connectivity index (χ4n) is 2.31. The number of hydrogen-bond acceptors (Lipinski definition) is 5. The van der Waals surface area contributed by atoms with Crippen molar-refractivity contribution >= 4 is 15.5 Å². The second-order valence-electron chi connectivity index (χ2n) is 4.86. The highest BCUT2D eigenvalue weighted by Crippen LogP contribution is 2.20. The Balaban J connectivity index is 2.07. The molecule has 0 amide bonds. The van der Waals surface area contributed by atoms with Crippen molar-refractivity contribution in [3.8, 4) is 0 Å². The van der Waals surface area contributed by atoms with E-state index in [1.165, 1.54) is 0 Å². The number of nitro groups is 1. The SMILES string of the molecule is O=[N+]([O-])c1ccc(F)cc1CNC1CCCS(=O)(=O)C1. The lowest BCUT2D eigenvalue weighted by atomic mass is 10.1. The molecule has 1 heterocycles. The Hall–Kier alpha value is -1.54. The highest BCUT2D eigenvalue weighted by molar-refractivity contribution is 7.91. The Morgan fingerprint density at radius 1 is 1.45 bits per heavy atom. The summed E-state index contributed by atoms with van der Waals surface area (Å²) in [7, 11) is -3.04. The van der Waals surface area contributed by atoms with E-state index < -0.39 is 20.6 Å². The molecule has 1 saturated heterocycles. The number of nitro benzene ring substituents is 1. The second-order valence-corrected chi connectivity index (χ2v) is 7.09.